The van der Waals surface area contributed by atoms with Crippen LogP contribution < -0.4 is 5.73 Å². The van der Waals surface area contributed by atoms with Crippen LogP contribution in [0.3, 0.4) is 0 Å². The van der Waals surface area contributed by atoms with Crippen molar-refractivity contribution in [3.05, 3.63) is 12.7 Å². The molecule has 0 saturated carbocycles. The van der Waals surface area contributed by atoms with Gasteiger partial charge in [0, 0.05) is 6.42 Å². The highest BCUT2D eigenvalue weighted by molar-refractivity contribution is 8.00. The fourth-order valence-electron chi connectivity index (χ4n) is 2.59. The Hall–Kier alpha value is -0.930. The van der Waals surface area contributed by atoms with E-state index in [4.69, 9.17) is 20.4 Å². The molecule has 168 valence electrons. The summed E-state index contributed by atoms with van der Waals surface area (Å²) in [6, 6.07) is 0. The van der Waals surface area contributed by atoms with Gasteiger partial charge in [0.15, 0.2) is 11.5 Å². The lowest BCUT2D eigenvalue weighted by Crippen LogP contribution is -2.22. The Balaban J connectivity index is 1.64. The number of rotatable bonds is 8. The van der Waals surface area contributed by atoms with Crippen LogP contribution in [-0.4, -0.2) is 62.2 Å². The largest absolute Gasteiger partial charge is 0.490 e. The van der Waals surface area contributed by atoms with Gasteiger partial charge in [0.1, 0.15) is 11.8 Å². The lowest BCUT2D eigenvalue weighted by Gasteiger charge is -2.18. The van der Waals surface area contributed by atoms with Gasteiger partial charge in [-0.3, -0.25) is 4.52 Å². The highest BCUT2D eigenvalue weighted by Gasteiger charge is 2.42. The van der Waals surface area contributed by atoms with Gasteiger partial charge in [-0.05, 0) is 0 Å². The summed E-state index contributed by atoms with van der Waals surface area (Å²) in [4.78, 5) is 47.7. The summed E-state index contributed by atoms with van der Waals surface area (Å²) in [6.07, 6.45) is 1.87. The third-order valence-corrected chi connectivity index (χ3v) is 9.06. The molecule has 5 atom stereocenters. The van der Waals surface area contributed by atoms with Gasteiger partial charge in [-0.1, -0.05) is 0 Å². The molecule has 1 aliphatic heterocycles. The second kappa shape index (κ2) is 8.54. The molecular weight excluding hydrogens is 491 g/mol. The maximum Gasteiger partial charge on any atom is 0.490 e. The van der Waals surface area contributed by atoms with Crippen molar-refractivity contribution in [2.75, 3.05) is 12.3 Å². The number of anilines is 1. The molecule has 0 aliphatic carbocycles. The van der Waals surface area contributed by atoms with Crippen LogP contribution in [0.15, 0.2) is 12.7 Å². The summed E-state index contributed by atoms with van der Waals surface area (Å²) in [5.41, 5.74) is 6.51. The van der Waals surface area contributed by atoms with Crippen LogP contribution in [-0.2, 0) is 26.8 Å². The van der Waals surface area contributed by atoms with E-state index in [9.17, 15) is 23.7 Å². The lowest BCUT2D eigenvalue weighted by atomic mass is 10.2. The van der Waals surface area contributed by atoms with E-state index in [1.165, 1.54) is 12.7 Å². The zero-order chi connectivity index (χ0) is 22.3. The van der Waals surface area contributed by atoms with Crippen molar-refractivity contribution in [3.63, 3.8) is 0 Å². The summed E-state index contributed by atoms with van der Waals surface area (Å²) in [6.45, 7) is -0.601. The Bertz CT molecular complexity index is 1080. The zero-order valence-corrected chi connectivity index (χ0v) is 18.1. The van der Waals surface area contributed by atoms with Crippen LogP contribution in [0.2, 0.25) is 0 Å². The number of nitrogen functional groups attached to an aromatic ring is 1. The van der Waals surface area contributed by atoms with Crippen molar-refractivity contribution in [2.45, 2.75) is 23.1 Å². The van der Waals surface area contributed by atoms with Crippen molar-refractivity contribution >= 4 is 52.2 Å². The normalized spacial score (nSPS) is 26.5. The third kappa shape index (κ3) is 5.85. The Morgan fingerprint density at radius 2 is 1.83 bits per heavy atom. The minimum atomic E-state index is -5.60. The second-order valence-corrected chi connectivity index (χ2v) is 11.7. The number of aromatic nitrogens is 4. The van der Waals surface area contributed by atoms with E-state index in [1.807, 2.05) is 0 Å². The Labute approximate surface area is 171 Å². The molecule has 20 heteroatoms. The van der Waals surface area contributed by atoms with Gasteiger partial charge in [-0.25, -0.2) is 28.6 Å². The predicted octanol–water partition coefficient (Wildman–Crippen LogP) is 0.117. The van der Waals surface area contributed by atoms with Crippen molar-refractivity contribution in [2.24, 2.45) is 0 Å². The maximum atomic E-state index is 11.8. The Morgan fingerprint density at radius 3 is 2.50 bits per heavy atom. The van der Waals surface area contributed by atoms with Gasteiger partial charge < -0.3 is 35.0 Å². The first kappa shape index (κ1) is 23.7. The summed E-state index contributed by atoms with van der Waals surface area (Å²) in [5, 5.41) is 9.07. The van der Waals surface area contributed by atoms with E-state index in [1.54, 1.807) is 4.57 Å². The number of nitrogens with two attached hydrogens (primary N) is 1. The molecule has 16 nitrogen and oxygen atoms in total. The summed E-state index contributed by atoms with van der Waals surface area (Å²) >= 11 is 1.14. The summed E-state index contributed by atoms with van der Waals surface area (Å²) in [5.74, 6) is 0.173. The molecule has 2 unspecified atom stereocenters. The molecule has 7 N–H and O–H groups in total. The van der Waals surface area contributed by atoms with Crippen molar-refractivity contribution in [3.8, 4) is 0 Å². The second-order valence-electron chi connectivity index (χ2n) is 5.90. The minimum Gasteiger partial charge on any atom is -0.392 e. The number of hydrogen-bond acceptors (Lipinski definition) is 12. The standard InChI is InChI=1S/C10H16N5O11P3S/c11-9-8-10(13-3-12-9)15(4-14-8)7-1-5(16)6(30-7)2-24-28(20,21)26-29(22,23)25-27(17,18)19/h3-7,16H,1-2H2,(H,20,21)(H,22,23)(H2,11,12,13)(H2,17,18,19)/t5-,6+,7+/m0/s1. The molecule has 0 spiro atoms. The average molecular weight is 507 g/mol. The summed E-state index contributed by atoms with van der Waals surface area (Å²) < 4.78 is 47.2. The van der Waals surface area contributed by atoms with Gasteiger partial charge in [0.25, 0.3) is 0 Å². The molecule has 2 aromatic heterocycles. The quantitative estimate of drug-likeness (QED) is 0.259. The number of fused-ring (bicyclic) bond motifs is 1. The van der Waals surface area contributed by atoms with Gasteiger partial charge >= 0.3 is 23.5 Å². The smallest absolute Gasteiger partial charge is 0.392 e. The minimum absolute atomic E-state index is 0.173. The fourth-order valence-corrected chi connectivity index (χ4v) is 7.17. The molecule has 0 amide bonds. The molecule has 0 aromatic carbocycles. The van der Waals surface area contributed by atoms with E-state index >= 15 is 0 Å². The van der Waals surface area contributed by atoms with E-state index in [2.05, 4.69) is 28.1 Å². The van der Waals surface area contributed by atoms with Crippen molar-refractivity contribution in [1.29, 1.82) is 0 Å². The molecule has 3 heterocycles. The highest BCUT2D eigenvalue weighted by atomic mass is 32.2. The monoisotopic (exact) mass is 507 g/mol. The Kier molecular flexibility index (Phi) is 6.76. The van der Waals surface area contributed by atoms with E-state index < -0.39 is 46.8 Å². The van der Waals surface area contributed by atoms with Gasteiger partial charge in [-0.15, -0.1) is 11.8 Å². The fraction of sp³-hybridized carbons (Fsp3) is 0.500. The number of aliphatic hydroxyl groups is 1. The van der Waals surface area contributed by atoms with Crippen LogP contribution in [0.25, 0.3) is 11.2 Å². The van der Waals surface area contributed by atoms with Crippen molar-refractivity contribution in [1.82, 2.24) is 19.5 Å². The molecule has 1 aliphatic rings. The van der Waals surface area contributed by atoms with E-state index in [0.717, 1.165) is 11.8 Å². The van der Waals surface area contributed by atoms with E-state index in [-0.39, 0.29) is 12.2 Å². The molecule has 3 rings (SSSR count). The van der Waals surface area contributed by atoms with Crippen LogP contribution in [0.1, 0.15) is 11.8 Å². The van der Waals surface area contributed by atoms with Crippen LogP contribution in [0, 0.1) is 0 Å². The zero-order valence-electron chi connectivity index (χ0n) is 14.6. The number of thioether (sulfide) groups is 1. The maximum absolute atomic E-state index is 11.8. The van der Waals surface area contributed by atoms with Gasteiger partial charge in [0.2, 0.25) is 0 Å². The predicted molar refractivity (Wildman–Crippen MR) is 101 cm³/mol. The number of nitrogens with zero attached hydrogens (tertiary/aromatic N) is 4. The molecule has 0 bridgehead atoms. The van der Waals surface area contributed by atoms with Crippen molar-refractivity contribution < 1.29 is 51.5 Å². The number of imidazole rings is 1. The molecule has 2 aromatic rings. The average Bonchev–Trinajstić information content (AvgIpc) is 3.14. The first-order chi connectivity index (χ1) is 13.8. The van der Waals surface area contributed by atoms with Gasteiger partial charge in [0.05, 0.1) is 29.7 Å². The Morgan fingerprint density at radius 1 is 1.13 bits per heavy atom. The third-order valence-electron chi connectivity index (χ3n) is 3.72. The first-order valence-corrected chi connectivity index (χ1v) is 13.3. The van der Waals surface area contributed by atoms with Crippen LogP contribution >= 0.6 is 35.2 Å². The van der Waals surface area contributed by atoms with Crippen LogP contribution in [0.4, 0.5) is 5.82 Å². The number of aliphatic hydroxyl groups excluding tert-OH is 1. The van der Waals surface area contributed by atoms with E-state index in [0.29, 0.717) is 11.2 Å². The first-order valence-electron chi connectivity index (χ1n) is 7.81. The molecular formula is C10H16N5O11P3S. The number of hydrogen-bond donors (Lipinski definition) is 6. The molecule has 1 fully saturated rings. The number of phosphoric ester groups is 1. The molecule has 30 heavy (non-hydrogen) atoms. The highest BCUT2D eigenvalue weighted by Crippen LogP contribution is 2.66. The lowest BCUT2D eigenvalue weighted by molar-refractivity contribution is 0.126. The van der Waals surface area contributed by atoms with Crippen LogP contribution in [0.5, 0.6) is 0 Å². The molecule has 1 saturated heterocycles. The van der Waals surface area contributed by atoms with Gasteiger partial charge in [-0.2, -0.15) is 8.62 Å². The SMILES string of the molecule is Nc1ncnc2c1ncn2[C@H]1C[C@H](O)[C@@H](COP(=O)(O)OP(=O)(O)OP(=O)(O)O)S1. The topological polar surface area (TPSA) is 250 Å². The molecule has 0 radical (unpaired) electrons. The summed E-state index contributed by atoms with van der Waals surface area (Å²) in [7, 11) is -16.4. The number of phosphoric acid groups is 3.